The molecule has 3 heterocycles. The summed E-state index contributed by atoms with van der Waals surface area (Å²) >= 11 is 6.01. The van der Waals surface area contributed by atoms with Crippen molar-refractivity contribution in [1.82, 2.24) is 24.5 Å². The van der Waals surface area contributed by atoms with Crippen LogP contribution in [0, 0.1) is 0 Å². The van der Waals surface area contributed by atoms with E-state index >= 15 is 0 Å². The lowest BCUT2D eigenvalue weighted by Crippen LogP contribution is -2.36. The van der Waals surface area contributed by atoms with E-state index in [-0.39, 0.29) is 5.91 Å². The maximum atomic E-state index is 13.1. The zero-order valence-electron chi connectivity index (χ0n) is 19.7. The van der Waals surface area contributed by atoms with Crippen LogP contribution in [0.25, 0.3) is 16.6 Å². The summed E-state index contributed by atoms with van der Waals surface area (Å²) < 4.78 is 2.09. The van der Waals surface area contributed by atoms with Crippen molar-refractivity contribution >= 4 is 40.0 Å². The zero-order chi connectivity index (χ0) is 24.5. The fraction of sp³-hybridized carbons (Fsp3) is 0.214. The van der Waals surface area contributed by atoms with E-state index in [2.05, 4.69) is 31.6 Å². The number of benzene rings is 3. The lowest BCUT2D eigenvalue weighted by atomic mass is 10.1. The van der Waals surface area contributed by atoms with E-state index in [0.717, 1.165) is 41.3 Å². The Hall–Kier alpha value is -3.97. The van der Waals surface area contributed by atoms with Gasteiger partial charge in [-0.05, 0) is 48.4 Å². The first-order valence-electron chi connectivity index (χ1n) is 12.1. The van der Waals surface area contributed by atoms with Crippen molar-refractivity contribution in [2.24, 2.45) is 0 Å². The number of carbonyl (C=O) groups is 1. The molecular formula is C28H25ClN6O. The number of amides is 1. The molecule has 6 rings (SSSR count). The summed E-state index contributed by atoms with van der Waals surface area (Å²) in [5.41, 5.74) is 3.52. The number of anilines is 1. The molecule has 1 saturated heterocycles. The first kappa shape index (κ1) is 22.5. The van der Waals surface area contributed by atoms with Gasteiger partial charge in [0.25, 0.3) is 5.91 Å². The van der Waals surface area contributed by atoms with Gasteiger partial charge in [-0.1, -0.05) is 54.1 Å². The smallest absolute Gasteiger partial charge is 0.253 e. The summed E-state index contributed by atoms with van der Waals surface area (Å²) in [6.07, 6.45) is 1.50. The molecule has 0 spiro atoms. The van der Waals surface area contributed by atoms with Crippen LogP contribution in [-0.4, -0.2) is 56.6 Å². The van der Waals surface area contributed by atoms with Crippen molar-refractivity contribution in [1.29, 1.82) is 0 Å². The third-order valence-electron chi connectivity index (χ3n) is 6.66. The Bertz CT molecular complexity index is 1530. The van der Waals surface area contributed by atoms with Gasteiger partial charge < -0.3 is 9.80 Å². The van der Waals surface area contributed by atoms with Gasteiger partial charge in [0.1, 0.15) is 5.82 Å². The fourth-order valence-electron chi connectivity index (χ4n) is 4.82. The number of hydrogen-bond donors (Lipinski definition) is 0. The van der Waals surface area contributed by atoms with Gasteiger partial charge in [-0.3, -0.25) is 4.79 Å². The van der Waals surface area contributed by atoms with Crippen LogP contribution in [-0.2, 0) is 6.42 Å². The van der Waals surface area contributed by atoms with E-state index in [4.69, 9.17) is 16.6 Å². The standard InChI is InChI=1S/C28H25ClN6O/c29-22-13-11-21(12-14-22)27(36)33-15-6-16-34(18-17-33)28-30-24-10-5-4-9-23(24)26-32-31-25(35(26)28)19-20-7-2-1-3-8-20/h1-5,7-14H,6,15-19H2. The van der Waals surface area contributed by atoms with Crippen molar-refractivity contribution in [2.75, 3.05) is 31.1 Å². The van der Waals surface area contributed by atoms with Crippen LogP contribution < -0.4 is 4.90 Å². The molecule has 8 heteroatoms. The number of rotatable bonds is 4. The first-order valence-corrected chi connectivity index (χ1v) is 12.5. The number of para-hydroxylation sites is 1. The molecule has 180 valence electrons. The molecule has 0 saturated carbocycles. The second-order valence-electron chi connectivity index (χ2n) is 9.01. The molecule has 1 aliphatic rings. The zero-order valence-corrected chi connectivity index (χ0v) is 20.5. The van der Waals surface area contributed by atoms with Gasteiger partial charge in [0.2, 0.25) is 5.95 Å². The number of nitrogens with zero attached hydrogens (tertiary/aromatic N) is 6. The van der Waals surface area contributed by atoms with Crippen molar-refractivity contribution < 1.29 is 4.79 Å². The van der Waals surface area contributed by atoms with Crippen LogP contribution in [0.5, 0.6) is 0 Å². The van der Waals surface area contributed by atoms with Crippen LogP contribution in [0.1, 0.15) is 28.2 Å². The van der Waals surface area contributed by atoms with Gasteiger partial charge in [0, 0.05) is 48.6 Å². The van der Waals surface area contributed by atoms with Gasteiger partial charge in [-0.25, -0.2) is 9.38 Å². The molecule has 0 atom stereocenters. The minimum Gasteiger partial charge on any atom is -0.340 e. The van der Waals surface area contributed by atoms with Crippen LogP contribution >= 0.6 is 11.6 Å². The molecule has 2 aromatic heterocycles. The molecular weight excluding hydrogens is 472 g/mol. The second kappa shape index (κ2) is 9.59. The molecule has 5 aromatic rings. The van der Waals surface area contributed by atoms with Gasteiger partial charge in [0.05, 0.1) is 5.52 Å². The largest absolute Gasteiger partial charge is 0.340 e. The molecule has 3 aromatic carbocycles. The van der Waals surface area contributed by atoms with Crippen molar-refractivity contribution in [3.8, 4) is 0 Å². The Morgan fingerprint density at radius 1 is 0.833 bits per heavy atom. The first-order chi connectivity index (χ1) is 17.7. The summed E-state index contributed by atoms with van der Waals surface area (Å²) in [6, 6.07) is 25.4. The summed E-state index contributed by atoms with van der Waals surface area (Å²) in [7, 11) is 0. The SMILES string of the molecule is O=C(c1ccc(Cl)cc1)N1CCCN(c2nc3ccccc3c3nnc(Cc4ccccc4)n23)CC1. The number of fused-ring (bicyclic) bond motifs is 3. The summed E-state index contributed by atoms with van der Waals surface area (Å²) in [4.78, 5) is 22.4. The molecule has 1 aliphatic heterocycles. The monoisotopic (exact) mass is 496 g/mol. The highest BCUT2D eigenvalue weighted by molar-refractivity contribution is 6.30. The molecule has 0 bridgehead atoms. The van der Waals surface area contributed by atoms with Crippen LogP contribution in [0.3, 0.4) is 0 Å². The van der Waals surface area contributed by atoms with Gasteiger partial charge in [0.15, 0.2) is 5.65 Å². The number of aromatic nitrogens is 4. The highest BCUT2D eigenvalue weighted by Crippen LogP contribution is 2.26. The maximum Gasteiger partial charge on any atom is 0.253 e. The van der Waals surface area contributed by atoms with E-state index < -0.39 is 0 Å². The fourth-order valence-corrected chi connectivity index (χ4v) is 4.95. The molecule has 0 unspecified atom stereocenters. The normalized spacial score (nSPS) is 14.4. The Kier molecular flexibility index (Phi) is 5.99. The highest BCUT2D eigenvalue weighted by Gasteiger charge is 2.24. The van der Waals surface area contributed by atoms with E-state index in [1.165, 1.54) is 5.56 Å². The third-order valence-corrected chi connectivity index (χ3v) is 6.91. The topological polar surface area (TPSA) is 66.6 Å². The molecule has 1 fully saturated rings. The van der Waals surface area contributed by atoms with Crippen molar-refractivity contribution in [3.63, 3.8) is 0 Å². The minimum atomic E-state index is 0.0270. The second-order valence-corrected chi connectivity index (χ2v) is 9.44. The summed E-state index contributed by atoms with van der Waals surface area (Å²) in [6.45, 7) is 2.75. The molecule has 7 nitrogen and oxygen atoms in total. The maximum absolute atomic E-state index is 13.1. The van der Waals surface area contributed by atoms with Crippen LogP contribution in [0.2, 0.25) is 5.02 Å². The van der Waals surface area contributed by atoms with Crippen LogP contribution in [0.15, 0.2) is 78.9 Å². The Morgan fingerprint density at radius 2 is 1.61 bits per heavy atom. The van der Waals surface area contributed by atoms with E-state index in [1.54, 1.807) is 24.3 Å². The Labute approximate surface area is 214 Å². The minimum absolute atomic E-state index is 0.0270. The lowest BCUT2D eigenvalue weighted by Gasteiger charge is -2.24. The molecule has 1 amide bonds. The molecule has 0 N–H and O–H groups in total. The predicted molar refractivity (Wildman–Crippen MR) is 142 cm³/mol. The number of halogens is 1. The molecule has 0 aliphatic carbocycles. The highest BCUT2D eigenvalue weighted by atomic mass is 35.5. The summed E-state index contributed by atoms with van der Waals surface area (Å²) in [5.74, 6) is 1.70. The molecule has 36 heavy (non-hydrogen) atoms. The Morgan fingerprint density at radius 3 is 2.44 bits per heavy atom. The van der Waals surface area contributed by atoms with Crippen molar-refractivity contribution in [3.05, 3.63) is 101 Å². The average molecular weight is 497 g/mol. The predicted octanol–water partition coefficient (Wildman–Crippen LogP) is 4.87. The number of hydrogen-bond acceptors (Lipinski definition) is 5. The number of carbonyl (C=O) groups excluding carboxylic acids is 1. The van der Waals surface area contributed by atoms with Gasteiger partial charge >= 0.3 is 0 Å². The Balaban J connectivity index is 1.35. The average Bonchev–Trinajstić information content (AvgIpc) is 3.17. The van der Waals surface area contributed by atoms with E-state index in [0.29, 0.717) is 36.6 Å². The van der Waals surface area contributed by atoms with Gasteiger partial charge in [-0.15, -0.1) is 10.2 Å². The van der Waals surface area contributed by atoms with Crippen LogP contribution in [0.4, 0.5) is 5.95 Å². The van der Waals surface area contributed by atoms with E-state index in [9.17, 15) is 4.79 Å². The van der Waals surface area contributed by atoms with E-state index in [1.807, 2.05) is 47.4 Å². The third kappa shape index (κ3) is 4.27. The van der Waals surface area contributed by atoms with Gasteiger partial charge in [-0.2, -0.15) is 0 Å². The van der Waals surface area contributed by atoms with Crippen molar-refractivity contribution in [2.45, 2.75) is 12.8 Å². The molecule has 0 radical (unpaired) electrons. The lowest BCUT2D eigenvalue weighted by molar-refractivity contribution is 0.0767. The summed E-state index contributed by atoms with van der Waals surface area (Å²) in [5, 5.41) is 10.8. The quantitative estimate of drug-likeness (QED) is 0.355.